The normalized spacial score (nSPS) is 11.5. The molecular weight excluding hydrogens is 312 g/mol. The highest BCUT2D eigenvalue weighted by Crippen LogP contribution is 2.25. The quantitative estimate of drug-likeness (QED) is 0.762. The van der Waals surface area contributed by atoms with Gasteiger partial charge in [0.25, 0.3) is 5.91 Å². The van der Waals surface area contributed by atoms with E-state index in [1.54, 1.807) is 24.7 Å². The first-order valence-electron chi connectivity index (χ1n) is 7.86. The van der Waals surface area contributed by atoms with E-state index in [2.05, 4.69) is 15.6 Å². The largest absolute Gasteiger partial charge is 0.481 e. The third-order valence-electron chi connectivity index (χ3n) is 4.27. The van der Waals surface area contributed by atoms with E-state index in [-0.39, 0.29) is 12.2 Å². The van der Waals surface area contributed by atoms with Crippen LogP contribution in [0.25, 0.3) is 0 Å². The number of carboxylic acid groups (broad SMARTS) is 1. The first kappa shape index (κ1) is 17.7. The van der Waals surface area contributed by atoms with Gasteiger partial charge in [0, 0.05) is 18.8 Å². The van der Waals surface area contributed by atoms with E-state index in [0.29, 0.717) is 25.1 Å². The predicted molar refractivity (Wildman–Crippen MR) is 85.6 cm³/mol. The molecule has 0 saturated carbocycles. The van der Waals surface area contributed by atoms with E-state index in [9.17, 15) is 14.7 Å². The first-order chi connectivity index (χ1) is 11.4. The molecule has 0 spiro atoms. The van der Waals surface area contributed by atoms with Crippen LogP contribution in [0.3, 0.4) is 0 Å². The van der Waals surface area contributed by atoms with Crippen LogP contribution in [-0.2, 0) is 11.3 Å². The molecule has 0 aliphatic rings. The van der Waals surface area contributed by atoms with Gasteiger partial charge in [-0.2, -0.15) is 5.10 Å². The molecule has 0 bridgehead atoms. The highest BCUT2D eigenvalue weighted by molar-refractivity contribution is 5.92. The van der Waals surface area contributed by atoms with Gasteiger partial charge in [0.2, 0.25) is 0 Å². The van der Waals surface area contributed by atoms with Crippen LogP contribution >= 0.6 is 0 Å². The average Bonchev–Trinajstić information content (AvgIpc) is 3.18. The Hall–Kier alpha value is -2.64. The van der Waals surface area contributed by atoms with E-state index >= 15 is 0 Å². The number of aromatic nitrogens is 3. The van der Waals surface area contributed by atoms with Crippen LogP contribution < -0.4 is 5.32 Å². The van der Waals surface area contributed by atoms with Crippen molar-refractivity contribution < 1.29 is 19.2 Å². The minimum absolute atomic E-state index is 0.0503. The number of carbonyl (C=O) groups excluding carboxylic acids is 1. The summed E-state index contributed by atoms with van der Waals surface area (Å²) in [6, 6.07) is 1.53. The number of carbonyl (C=O) groups is 2. The molecule has 2 rings (SSSR count). The monoisotopic (exact) mass is 334 g/mol. The maximum atomic E-state index is 12.2. The SMILES string of the molecule is CCC(CC)(CNC(=O)c1cc(Cn2cc(C)cn2)on1)C(=O)O. The molecule has 0 aliphatic carbocycles. The average molecular weight is 334 g/mol. The fourth-order valence-corrected chi connectivity index (χ4v) is 2.43. The summed E-state index contributed by atoms with van der Waals surface area (Å²) < 4.78 is 6.82. The fourth-order valence-electron chi connectivity index (χ4n) is 2.43. The number of aliphatic carboxylic acids is 1. The van der Waals surface area contributed by atoms with E-state index in [0.717, 1.165) is 5.56 Å². The van der Waals surface area contributed by atoms with Crippen molar-refractivity contribution in [1.82, 2.24) is 20.3 Å². The number of amides is 1. The van der Waals surface area contributed by atoms with Crippen molar-refractivity contribution in [2.45, 2.75) is 40.2 Å². The van der Waals surface area contributed by atoms with Crippen LogP contribution in [0, 0.1) is 12.3 Å². The summed E-state index contributed by atoms with van der Waals surface area (Å²) in [5, 5.41) is 19.9. The summed E-state index contributed by atoms with van der Waals surface area (Å²) in [6.45, 7) is 5.94. The highest BCUT2D eigenvalue weighted by atomic mass is 16.5. The van der Waals surface area contributed by atoms with Crippen LogP contribution in [0.4, 0.5) is 0 Å². The van der Waals surface area contributed by atoms with Gasteiger partial charge in [-0.05, 0) is 25.3 Å². The Morgan fingerprint density at radius 2 is 2.08 bits per heavy atom. The summed E-state index contributed by atoms with van der Waals surface area (Å²) >= 11 is 0. The molecule has 2 N–H and O–H groups in total. The Kier molecular flexibility index (Phi) is 5.38. The van der Waals surface area contributed by atoms with Gasteiger partial charge in [0.1, 0.15) is 6.54 Å². The van der Waals surface area contributed by atoms with Crippen molar-refractivity contribution in [1.29, 1.82) is 0 Å². The maximum absolute atomic E-state index is 12.2. The molecule has 2 aromatic heterocycles. The Bertz CT molecular complexity index is 715. The van der Waals surface area contributed by atoms with Crippen molar-refractivity contribution in [2.75, 3.05) is 6.54 Å². The lowest BCUT2D eigenvalue weighted by Crippen LogP contribution is -2.42. The second-order valence-corrected chi connectivity index (χ2v) is 5.87. The summed E-state index contributed by atoms with van der Waals surface area (Å²) in [6.07, 6.45) is 4.45. The summed E-state index contributed by atoms with van der Waals surface area (Å²) in [5.41, 5.74) is 0.187. The van der Waals surface area contributed by atoms with Gasteiger partial charge in [0.05, 0.1) is 11.6 Å². The molecule has 2 heterocycles. The van der Waals surface area contributed by atoms with Crippen molar-refractivity contribution in [3.63, 3.8) is 0 Å². The molecule has 8 nitrogen and oxygen atoms in total. The first-order valence-corrected chi connectivity index (χ1v) is 7.86. The van der Waals surface area contributed by atoms with E-state index in [4.69, 9.17) is 4.52 Å². The van der Waals surface area contributed by atoms with Crippen molar-refractivity contribution in [3.8, 4) is 0 Å². The van der Waals surface area contributed by atoms with Crippen LogP contribution in [-0.4, -0.2) is 38.5 Å². The summed E-state index contributed by atoms with van der Waals surface area (Å²) in [4.78, 5) is 23.6. The van der Waals surface area contributed by atoms with E-state index < -0.39 is 17.3 Å². The molecule has 8 heteroatoms. The van der Waals surface area contributed by atoms with Crippen LogP contribution in [0.5, 0.6) is 0 Å². The number of aryl methyl sites for hydroxylation is 1. The molecule has 0 aromatic carbocycles. The second kappa shape index (κ2) is 7.29. The van der Waals surface area contributed by atoms with Gasteiger partial charge in [-0.15, -0.1) is 0 Å². The Morgan fingerprint density at radius 3 is 2.62 bits per heavy atom. The van der Waals surface area contributed by atoms with Crippen molar-refractivity contribution in [2.24, 2.45) is 5.41 Å². The Morgan fingerprint density at radius 1 is 1.38 bits per heavy atom. The standard InChI is InChI=1S/C16H22N4O4/c1-4-16(5-2,15(22)23)10-17-14(21)13-6-12(24-19-13)9-20-8-11(3)7-18-20/h6-8H,4-5,9-10H2,1-3H3,(H,17,21)(H,22,23). The summed E-state index contributed by atoms with van der Waals surface area (Å²) in [7, 11) is 0. The zero-order valence-electron chi connectivity index (χ0n) is 14.1. The number of nitrogens with zero attached hydrogens (tertiary/aromatic N) is 3. The van der Waals surface area contributed by atoms with Gasteiger partial charge in [-0.1, -0.05) is 19.0 Å². The molecule has 0 atom stereocenters. The third-order valence-corrected chi connectivity index (χ3v) is 4.27. The number of hydrogen-bond donors (Lipinski definition) is 2. The number of carboxylic acids is 1. The smallest absolute Gasteiger partial charge is 0.311 e. The minimum Gasteiger partial charge on any atom is -0.481 e. The van der Waals surface area contributed by atoms with E-state index in [1.807, 2.05) is 13.1 Å². The number of hydrogen-bond acceptors (Lipinski definition) is 5. The van der Waals surface area contributed by atoms with Crippen LogP contribution in [0.1, 0.15) is 48.5 Å². The highest BCUT2D eigenvalue weighted by Gasteiger charge is 2.35. The third kappa shape index (κ3) is 3.81. The second-order valence-electron chi connectivity index (χ2n) is 5.87. The predicted octanol–water partition coefficient (Wildman–Crippen LogP) is 1.85. The van der Waals surface area contributed by atoms with E-state index in [1.165, 1.54) is 6.07 Å². The Labute approximate surface area is 139 Å². The molecule has 24 heavy (non-hydrogen) atoms. The van der Waals surface area contributed by atoms with Gasteiger partial charge < -0.3 is 14.9 Å². The lowest BCUT2D eigenvalue weighted by molar-refractivity contribution is -0.149. The molecule has 0 aliphatic heterocycles. The van der Waals surface area contributed by atoms with Crippen LogP contribution in [0.15, 0.2) is 23.0 Å². The van der Waals surface area contributed by atoms with Gasteiger partial charge in [-0.3, -0.25) is 14.3 Å². The van der Waals surface area contributed by atoms with Crippen LogP contribution in [0.2, 0.25) is 0 Å². The lowest BCUT2D eigenvalue weighted by atomic mass is 9.82. The van der Waals surface area contributed by atoms with Crippen molar-refractivity contribution in [3.05, 3.63) is 35.5 Å². The zero-order chi connectivity index (χ0) is 17.7. The van der Waals surface area contributed by atoms with Gasteiger partial charge >= 0.3 is 5.97 Å². The molecule has 0 radical (unpaired) electrons. The topological polar surface area (TPSA) is 110 Å². The molecule has 0 fully saturated rings. The molecule has 130 valence electrons. The maximum Gasteiger partial charge on any atom is 0.311 e. The van der Waals surface area contributed by atoms with Gasteiger partial charge in [-0.25, -0.2) is 0 Å². The summed E-state index contributed by atoms with van der Waals surface area (Å²) in [5.74, 6) is -0.865. The lowest BCUT2D eigenvalue weighted by Gasteiger charge is -2.26. The number of rotatable bonds is 8. The van der Waals surface area contributed by atoms with Gasteiger partial charge in [0.15, 0.2) is 11.5 Å². The van der Waals surface area contributed by atoms with Crippen molar-refractivity contribution >= 4 is 11.9 Å². The molecule has 1 amide bonds. The molecule has 2 aromatic rings. The Balaban J connectivity index is 1.99. The molecule has 0 unspecified atom stereocenters. The molecule has 0 saturated heterocycles. The zero-order valence-corrected chi connectivity index (χ0v) is 14.1. The number of nitrogens with one attached hydrogen (secondary N) is 1. The molecular formula is C16H22N4O4. The fraction of sp³-hybridized carbons (Fsp3) is 0.500. The minimum atomic E-state index is -0.963.